The minimum absolute atomic E-state index is 0.304. The molecule has 1 N–H and O–H groups in total. The van der Waals surface area contributed by atoms with Crippen LogP contribution in [0.2, 0.25) is 10.0 Å². The Morgan fingerprint density at radius 2 is 1.88 bits per heavy atom. The van der Waals surface area contributed by atoms with Crippen LogP contribution in [0.15, 0.2) is 18.2 Å². The maximum atomic E-state index is 6.21. The molecule has 1 rings (SSSR count). The molecule has 0 saturated carbocycles. The smallest absolute Gasteiger partial charge is 0.0624 e. The van der Waals surface area contributed by atoms with Crippen molar-refractivity contribution in [1.82, 2.24) is 5.32 Å². The van der Waals surface area contributed by atoms with Gasteiger partial charge in [0.1, 0.15) is 0 Å². The van der Waals surface area contributed by atoms with E-state index >= 15 is 0 Å². The van der Waals surface area contributed by atoms with Gasteiger partial charge in [0.25, 0.3) is 0 Å². The molecular formula is C14H21Cl2N. The summed E-state index contributed by atoms with van der Waals surface area (Å²) in [5, 5.41) is 4.67. The lowest BCUT2D eigenvalue weighted by Crippen LogP contribution is -2.32. The van der Waals surface area contributed by atoms with Crippen molar-refractivity contribution >= 4 is 23.2 Å². The summed E-state index contributed by atoms with van der Waals surface area (Å²) in [4.78, 5) is 0. The fourth-order valence-corrected chi connectivity index (χ4v) is 2.38. The SMILES string of the molecule is CNC(Cc1cccc(Cl)c1Cl)CC(C)(C)C. The average Bonchev–Trinajstić information content (AvgIpc) is 2.21. The van der Waals surface area contributed by atoms with Gasteiger partial charge in [0, 0.05) is 6.04 Å². The highest BCUT2D eigenvalue weighted by Crippen LogP contribution is 2.28. The lowest BCUT2D eigenvalue weighted by atomic mass is 9.86. The van der Waals surface area contributed by atoms with Crippen molar-refractivity contribution in [2.75, 3.05) is 7.05 Å². The molecule has 1 atom stereocenters. The van der Waals surface area contributed by atoms with Gasteiger partial charge >= 0.3 is 0 Å². The van der Waals surface area contributed by atoms with Gasteiger partial charge < -0.3 is 5.32 Å². The van der Waals surface area contributed by atoms with Gasteiger partial charge in [-0.2, -0.15) is 0 Å². The molecule has 0 amide bonds. The summed E-state index contributed by atoms with van der Waals surface area (Å²) in [5.41, 5.74) is 1.42. The third kappa shape index (κ3) is 4.87. The van der Waals surface area contributed by atoms with Crippen molar-refractivity contribution < 1.29 is 0 Å². The van der Waals surface area contributed by atoms with Gasteiger partial charge in [-0.1, -0.05) is 56.1 Å². The van der Waals surface area contributed by atoms with Crippen LogP contribution in [0, 0.1) is 5.41 Å². The highest BCUT2D eigenvalue weighted by molar-refractivity contribution is 6.42. The Hall–Kier alpha value is -0.240. The topological polar surface area (TPSA) is 12.0 Å². The number of hydrogen-bond donors (Lipinski definition) is 1. The highest BCUT2D eigenvalue weighted by atomic mass is 35.5. The first kappa shape index (κ1) is 14.8. The summed E-state index contributed by atoms with van der Waals surface area (Å²) in [6, 6.07) is 6.24. The van der Waals surface area contributed by atoms with E-state index in [4.69, 9.17) is 23.2 Å². The van der Waals surface area contributed by atoms with Crippen LogP contribution in [0.1, 0.15) is 32.8 Å². The molecule has 17 heavy (non-hydrogen) atoms. The van der Waals surface area contributed by atoms with E-state index in [0.717, 1.165) is 18.4 Å². The molecular weight excluding hydrogens is 253 g/mol. The first-order chi connectivity index (χ1) is 7.83. The van der Waals surface area contributed by atoms with E-state index in [1.54, 1.807) is 0 Å². The van der Waals surface area contributed by atoms with Gasteiger partial charge in [-0.25, -0.2) is 0 Å². The van der Waals surface area contributed by atoms with Gasteiger partial charge in [-0.05, 0) is 36.9 Å². The monoisotopic (exact) mass is 273 g/mol. The molecule has 1 aromatic carbocycles. The Balaban J connectivity index is 2.77. The van der Waals surface area contributed by atoms with Gasteiger partial charge in [0.15, 0.2) is 0 Å². The quantitative estimate of drug-likeness (QED) is 0.848. The van der Waals surface area contributed by atoms with Crippen molar-refractivity contribution in [1.29, 1.82) is 0 Å². The van der Waals surface area contributed by atoms with E-state index in [2.05, 4.69) is 26.1 Å². The molecule has 0 aliphatic carbocycles. The normalized spacial score (nSPS) is 13.8. The van der Waals surface area contributed by atoms with E-state index in [0.29, 0.717) is 21.5 Å². The van der Waals surface area contributed by atoms with Crippen LogP contribution in [-0.2, 0) is 6.42 Å². The van der Waals surface area contributed by atoms with Gasteiger partial charge in [0.05, 0.1) is 10.0 Å². The Kier molecular flexibility index (Phi) is 5.30. The summed E-state index contributed by atoms with van der Waals surface area (Å²) in [6.07, 6.45) is 2.01. The molecule has 0 aliphatic heterocycles. The van der Waals surface area contributed by atoms with Gasteiger partial charge in [0.2, 0.25) is 0 Å². The summed E-state index contributed by atoms with van der Waals surface area (Å²) in [6.45, 7) is 6.74. The zero-order valence-corrected chi connectivity index (χ0v) is 12.5. The number of nitrogens with one attached hydrogen (secondary N) is 1. The first-order valence-corrected chi connectivity index (χ1v) is 6.69. The van der Waals surface area contributed by atoms with Crippen molar-refractivity contribution in [3.8, 4) is 0 Å². The predicted octanol–water partition coefficient (Wildman–Crippen LogP) is 4.56. The second-order valence-electron chi connectivity index (χ2n) is 5.67. The van der Waals surface area contributed by atoms with Crippen LogP contribution in [0.5, 0.6) is 0 Å². The van der Waals surface area contributed by atoms with Crippen LogP contribution < -0.4 is 5.32 Å². The largest absolute Gasteiger partial charge is 0.317 e. The average molecular weight is 274 g/mol. The Morgan fingerprint density at radius 1 is 1.24 bits per heavy atom. The summed E-state index contributed by atoms with van der Waals surface area (Å²) >= 11 is 12.2. The predicted molar refractivity (Wildman–Crippen MR) is 77.1 cm³/mol. The van der Waals surface area contributed by atoms with Crippen molar-refractivity contribution in [3.63, 3.8) is 0 Å². The molecule has 0 heterocycles. The van der Waals surface area contributed by atoms with Crippen LogP contribution in [0.25, 0.3) is 0 Å². The Morgan fingerprint density at radius 3 is 2.41 bits per heavy atom. The zero-order valence-electron chi connectivity index (χ0n) is 11.0. The summed E-state index contributed by atoms with van der Waals surface area (Å²) in [5.74, 6) is 0. The van der Waals surface area contributed by atoms with E-state index in [1.165, 1.54) is 0 Å². The van der Waals surface area contributed by atoms with E-state index < -0.39 is 0 Å². The third-order valence-corrected chi connectivity index (χ3v) is 3.62. The van der Waals surface area contributed by atoms with Crippen molar-refractivity contribution in [2.45, 2.75) is 39.7 Å². The number of likely N-dealkylation sites (N-methyl/N-ethyl adjacent to an activating group) is 1. The lowest BCUT2D eigenvalue weighted by molar-refractivity contribution is 0.316. The molecule has 0 aromatic heterocycles. The summed E-state index contributed by atoms with van der Waals surface area (Å²) in [7, 11) is 1.99. The maximum Gasteiger partial charge on any atom is 0.0624 e. The van der Waals surface area contributed by atoms with E-state index in [1.807, 2.05) is 25.2 Å². The minimum atomic E-state index is 0.304. The van der Waals surface area contributed by atoms with E-state index in [9.17, 15) is 0 Å². The van der Waals surface area contributed by atoms with Crippen LogP contribution in [0.4, 0.5) is 0 Å². The second kappa shape index (κ2) is 6.08. The number of rotatable bonds is 4. The fourth-order valence-electron chi connectivity index (χ4n) is 1.99. The van der Waals surface area contributed by atoms with Crippen molar-refractivity contribution in [2.24, 2.45) is 5.41 Å². The molecule has 1 nitrogen and oxygen atoms in total. The van der Waals surface area contributed by atoms with Gasteiger partial charge in [-0.15, -0.1) is 0 Å². The zero-order chi connectivity index (χ0) is 13.1. The molecule has 0 bridgehead atoms. The Labute approximate surface area is 115 Å². The fraction of sp³-hybridized carbons (Fsp3) is 0.571. The first-order valence-electron chi connectivity index (χ1n) is 5.93. The molecule has 0 radical (unpaired) electrons. The molecule has 3 heteroatoms. The van der Waals surface area contributed by atoms with Crippen molar-refractivity contribution in [3.05, 3.63) is 33.8 Å². The maximum absolute atomic E-state index is 6.21. The minimum Gasteiger partial charge on any atom is -0.317 e. The van der Waals surface area contributed by atoms with E-state index in [-0.39, 0.29) is 0 Å². The molecule has 0 spiro atoms. The van der Waals surface area contributed by atoms with Crippen LogP contribution in [-0.4, -0.2) is 13.1 Å². The molecule has 0 aliphatic rings. The van der Waals surface area contributed by atoms with Gasteiger partial charge in [-0.3, -0.25) is 0 Å². The molecule has 96 valence electrons. The third-order valence-electron chi connectivity index (χ3n) is 2.76. The Bertz CT molecular complexity index is 369. The summed E-state index contributed by atoms with van der Waals surface area (Å²) < 4.78 is 0. The van der Waals surface area contributed by atoms with Crippen LogP contribution >= 0.6 is 23.2 Å². The number of halogens is 2. The second-order valence-corrected chi connectivity index (χ2v) is 6.45. The standard InChI is InChI=1S/C14H21Cl2N/c1-14(2,3)9-11(17-4)8-10-6-5-7-12(15)13(10)16/h5-7,11,17H,8-9H2,1-4H3. The molecule has 0 fully saturated rings. The highest BCUT2D eigenvalue weighted by Gasteiger charge is 2.18. The van der Waals surface area contributed by atoms with Crippen LogP contribution in [0.3, 0.4) is 0 Å². The molecule has 0 saturated heterocycles. The lowest BCUT2D eigenvalue weighted by Gasteiger charge is -2.26. The molecule has 1 unspecified atom stereocenters. The number of hydrogen-bond acceptors (Lipinski definition) is 1. The molecule has 1 aromatic rings. The number of benzene rings is 1.